The van der Waals surface area contributed by atoms with Crippen LogP contribution in [0.15, 0.2) is 35.1 Å². The summed E-state index contributed by atoms with van der Waals surface area (Å²) >= 11 is 0. The molecule has 26 heavy (non-hydrogen) atoms. The number of aromatic amines is 1. The number of morpholine rings is 1. The van der Waals surface area contributed by atoms with E-state index in [-0.39, 0.29) is 11.0 Å². The largest absolute Gasteiger partial charge is 0.492 e. The molecule has 140 valence electrons. The average Bonchev–Trinajstić information content (AvgIpc) is 2.62. The van der Waals surface area contributed by atoms with Crippen LogP contribution in [0.5, 0.6) is 5.75 Å². The Bertz CT molecular complexity index is 772. The number of nitrogens with zero attached hydrogens (tertiary/aromatic N) is 2. The van der Waals surface area contributed by atoms with Crippen LogP contribution in [0.3, 0.4) is 0 Å². The molecule has 1 N–H and O–H groups in total. The predicted molar refractivity (Wildman–Crippen MR) is 102 cm³/mol. The SMILES string of the molecule is CC(C)(C)c1cc(=O)[nH]c(-c2ccc(OCCN3CCOCC3)cc2)n1. The lowest BCUT2D eigenvalue weighted by Crippen LogP contribution is -2.38. The van der Waals surface area contributed by atoms with E-state index in [0.29, 0.717) is 12.4 Å². The molecule has 0 aliphatic carbocycles. The van der Waals surface area contributed by atoms with Crippen LogP contribution in [0.25, 0.3) is 11.4 Å². The van der Waals surface area contributed by atoms with Crippen molar-refractivity contribution in [1.29, 1.82) is 0 Å². The van der Waals surface area contributed by atoms with Crippen LogP contribution in [-0.4, -0.2) is 54.3 Å². The average molecular weight is 357 g/mol. The minimum Gasteiger partial charge on any atom is -0.492 e. The Morgan fingerprint density at radius 3 is 2.54 bits per heavy atom. The highest BCUT2D eigenvalue weighted by atomic mass is 16.5. The Morgan fingerprint density at radius 2 is 1.88 bits per heavy atom. The van der Waals surface area contributed by atoms with Crippen LogP contribution in [0.2, 0.25) is 0 Å². The van der Waals surface area contributed by atoms with E-state index in [1.54, 1.807) is 6.07 Å². The zero-order chi connectivity index (χ0) is 18.6. The van der Waals surface area contributed by atoms with E-state index >= 15 is 0 Å². The lowest BCUT2D eigenvalue weighted by Gasteiger charge is -2.26. The number of aromatic nitrogens is 2. The Balaban J connectivity index is 1.64. The van der Waals surface area contributed by atoms with Gasteiger partial charge in [0.1, 0.15) is 18.2 Å². The number of ether oxygens (including phenoxy) is 2. The maximum absolute atomic E-state index is 12.0. The number of H-pyrrole nitrogens is 1. The minimum atomic E-state index is -0.175. The van der Waals surface area contributed by atoms with E-state index in [1.165, 1.54) is 0 Å². The van der Waals surface area contributed by atoms with E-state index in [2.05, 4.69) is 14.9 Å². The van der Waals surface area contributed by atoms with Gasteiger partial charge in [-0.25, -0.2) is 4.98 Å². The molecule has 2 aromatic rings. The number of hydrogen-bond donors (Lipinski definition) is 1. The predicted octanol–water partition coefficient (Wildman–Crippen LogP) is 2.45. The molecule has 0 atom stereocenters. The van der Waals surface area contributed by atoms with Crippen LogP contribution < -0.4 is 10.3 Å². The van der Waals surface area contributed by atoms with Gasteiger partial charge in [0.2, 0.25) is 0 Å². The molecule has 6 heteroatoms. The Labute approximate surface area is 154 Å². The Hall–Kier alpha value is -2.18. The fraction of sp³-hybridized carbons (Fsp3) is 0.500. The van der Waals surface area contributed by atoms with E-state index < -0.39 is 0 Å². The van der Waals surface area contributed by atoms with Gasteiger partial charge < -0.3 is 14.5 Å². The zero-order valence-corrected chi connectivity index (χ0v) is 15.7. The first-order chi connectivity index (χ1) is 12.4. The van der Waals surface area contributed by atoms with Crippen LogP contribution in [0, 0.1) is 0 Å². The molecule has 3 rings (SSSR count). The standard InChI is InChI=1S/C20H27N3O3/c1-20(2,3)17-14-18(24)22-19(21-17)15-4-6-16(7-5-15)26-13-10-23-8-11-25-12-9-23/h4-7,14H,8-13H2,1-3H3,(H,21,22,24). The molecule has 1 aliphatic heterocycles. The van der Waals surface area contributed by atoms with Gasteiger partial charge in [0, 0.05) is 36.7 Å². The second-order valence-corrected chi connectivity index (χ2v) is 7.56. The molecule has 1 saturated heterocycles. The van der Waals surface area contributed by atoms with Gasteiger partial charge in [-0.2, -0.15) is 0 Å². The first-order valence-corrected chi connectivity index (χ1v) is 9.07. The number of benzene rings is 1. The van der Waals surface area contributed by atoms with Crippen molar-refractivity contribution in [3.63, 3.8) is 0 Å². The minimum absolute atomic E-state index is 0.134. The van der Waals surface area contributed by atoms with Crippen molar-refractivity contribution < 1.29 is 9.47 Å². The molecule has 6 nitrogen and oxygen atoms in total. The second kappa shape index (κ2) is 8.01. The molecule has 0 spiro atoms. The third-order valence-electron chi connectivity index (χ3n) is 4.42. The molecule has 0 amide bonds. The fourth-order valence-corrected chi connectivity index (χ4v) is 2.80. The van der Waals surface area contributed by atoms with Crippen molar-refractivity contribution in [1.82, 2.24) is 14.9 Å². The summed E-state index contributed by atoms with van der Waals surface area (Å²) in [5.74, 6) is 1.40. The van der Waals surface area contributed by atoms with E-state index in [4.69, 9.17) is 9.47 Å². The summed E-state index contributed by atoms with van der Waals surface area (Å²) in [6.07, 6.45) is 0. The Kier molecular flexibility index (Phi) is 5.74. The normalized spacial score (nSPS) is 15.8. The van der Waals surface area contributed by atoms with Gasteiger partial charge in [0.25, 0.3) is 5.56 Å². The molecule has 1 aromatic heterocycles. The summed E-state index contributed by atoms with van der Waals surface area (Å²) in [7, 11) is 0. The number of rotatable bonds is 5. The van der Waals surface area contributed by atoms with Gasteiger partial charge in [-0.05, 0) is 24.3 Å². The molecule has 2 heterocycles. The smallest absolute Gasteiger partial charge is 0.251 e. The second-order valence-electron chi connectivity index (χ2n) is 7.56. The molecule has 0 unspecified atom stereocenters. The molecule has 1 fully saturated rings. The van der Waals surface area contributed by atoms with E-state index in [1.807, 2.05) is 45.0 Å². The van der Waals surface area contributed by atoms with Crippen molar-refractivity contribution in [2.24, 2.45) is 0 Å². The lowest BCUT2D eigenvalue weighted by molar-refractivity contribution is 0.0322. The van der Waals surface area contributed by atoms with Crippen LogP contribution >= 0.6 is 0 Å². The number of nitrogens with one attached hydrogen (secondary N) is 1. The molecule has 1 aliphatic rings. The van der Waals surface area contributed by atoms with Crippen molar-refractivity contribution in [2.75, 3.05) is 39.5 Å². The fourth-order valence-electron chi connectivity index (χ4n) is 2.80. The van der Waals surface area contributed by atoms with Gasteiger partial charge in [-0.3, -0.25) is 9.69 Å². The Morgan fingerprint density at radius 1 is 1.19 bits per heavy atom. The third-order valence-corrected chi connectivity index (χ3v) is 4.42. The molecule has 0 radical (unpaired) electrons. The molecular formula is C20H27N3O3. The molecular weight excluding hydrogens is 330 g/mol. The summed E-state index contributed by atoms with van der Waals surface area (Å²) in [4.78, 5) is 21.7. The topological polar surface area (TPSA) is 67.5 Å². The van der Waals surface area contributed by atoms with Crippen LogP contribution in [-0.2, 0) is 10.2 Å². The summed E-state index contributed by atoms with van der Waals surface area (Å²) in [5.41, 5.74) is 1.34. The highest BCUT2D eigenvalue weighted by Crippen LogP contribution is 2.23. The number of hydrogen-bond acceptors (Lipinski definition) is 5. The van der Waals surface area contributed by atoms with Gasteiger partial charge in [-0.1, -0.05) is 20.8 Å². The van der Waals surface area contributed by atoms with E-state index in [9.17, 15) is 4.79 Å². The summed E-state index contributed by atoms with van der Waals surface area (Å²) in [6, 6.07) is 9.24. The van der Waals surface area contributed by atoms with Crippen LogP contribution in [0.1, 0.15) is 26.5 Å². The summed E-state index contributed by atoms with van der Waals surface area (Å²) in [6.45, 7) is 11.2. The zero-order valence-electron chi connectivity index (χ0n) is 15.7. The van der Waals surface area contributed by atoms with Crippen molar-refractivity contribution in [3.8, 4) is 17.1 Å². The molecule has 0 bridgehead atoms. The maximum atomic E-state index is 12.0. The van der Waals surface area contributed by atoms with E-state index in [0.717, 1.165) is 49.9 Å². The maximum Gasteiger partial charge on any atom is 0.251 e. The first kappa shape index (κ1) is 18.6. The third kappa shape index (κ3) is 4.93. The van der Waals surface area contributed by atoms with Gasteiger partial charge in [0.15, 0.2) is 0 Å². The highest BCUT2D eigenvalue weighted by Gasteiger charge is 2.17. The lowest BCUT2D eigenvalue weighted by atomic mass is 9.92. The molecule has 0 saturated carbocycles. The highest BCUT2D eigenvalue weighted by molar-refractivity contribution is 5.56. The van der Waals surface area contributed by atoms with Gasteiger partial charge >= 0.3 is 0 Å². The molecule has 1 aromatic carbocycles. The first-order valence-electron chi connectivity index (χ1n) is 9.07. The quantitative estimate of drug-likeness (QED) is 0.890. The summed E-state index contributed by atoms with van der Waals surface area (Å²) in [5, 5.41) is 0. The monoisotopic (exact) mass is 357 g/mol. The van der Waals surface area contributed by atoms with Crippen molar-refractivity contribution in [3.05, 3.63) is 46.4 Å². The van der Waals surface area contributed by atoms with Crippen molar-refractivity contribution >= 4 is 0 Å². The van der Waals surface area contributed by atoms with Crippen molar-refractivity contribution in [2.45, 2.75) is 26.2 Å². The summed E-state index contributed by atoms with van der Waals surface area (Å²) < 4.78 is 11.2. The van der Waals surface area contributed by atoms with Gasteiger partial charge in [-0.15, -0.1) is 0 Å². The van der Waals surface area contributed by atoms with Crippen LogP contribution in [0.4, 0.5) is 0 Å². The van der Waals surface area contributed by atoms with Gasteiger partial charge in [0.05, 0.1) is 18.9 Å².